The Kier molecular flexibility index (Phi) is 5.73. The maximum atomic E-state index is 12.7. The number of hydrogen-bond acceptors (Lipinski definition) is 4. The number of amides is 2. The van der Waals surface area contributed by atoms with Crippen molar-refractivity contribution in [2.75, 3.05) is 18.4 Å². The molecule has 0 spiro atoms. The summed E-state index contributed by atoms with van der Waals surface area (Å²) in [6.45, 7) is 5.50. The number of carboxylic acid groups (broad SMARTS) is 1. The van der Waals surface area contributed by atoms with Gasteiger partial charge in [-0.1, -0.05) is 13.0 Å². The number of rotatable bonds is 4. The van der Waals surface area contributed by atoms with E-state index in [4.69, 9.17) is 5.11 Å². The van der Waals surface area contributed by atoms with E-state index < -0.39 is 11.9 Å². The third-order valence-electron chi connectivity index (χ3n) is 4.87. The normalized spacial score (nSPS) is 16.5. The molecule has 1 aliphatic rings. The van der Waals surface area contributed by atoms with Crippen molar-refractivity contribution >= 4 is 23.5 Å². The summed E-state index contributed by atoms with van der Waals surface area (Å²) in [6.07, 6.45) is 2.16. The summed E-state index contributed by atoms with van der Waals surface area (Å²) in [5.41, 5.74) is 1.72. The van der Waals surface area contributed by atoms with Crippen LogP contribution in [-0.4, -0.2) is 45.9 Å². The Morgan fingerprint density at radius 3 is 2.61 bits per heavy atom. The van der Waals surface area contributed by atoms with E-state index in [1.54, 1.807) is 18.2 Å². The lowest BCUT2D eigenvalue weighted by molar-refractivity contribution is 0.0677. The van der Waals surface area contributed by atoms with Crippen LogP contribution in [0.1, 0.15) is 56.7 Å². The molecule has 1 atom stereocenters. The molecule has 2 heterocycles. The molecular formula is C21H23N3O4. The summed E-state index contributed by atoms with van der Waals surface area (Å²) >= 11 is 0. The molecule has 0 bridgehead atoms. The molecule has 7 nitrogen and oxygen atoms in total. The Morgan fingerprint density at radius 1 is 1.18 bits per heavy atom. The second kappa shape index (κ2) is 8.21. The van der Waals surface area contributed by atoms with Crippen LogP contribution in [0, 0.1) is 12.8 Å². The van der Waals surface area contributed by atoms with Crippen molar-refractivity contribution in [1.82, 2.24) is 9.88 Å². The minimum atomic E-state index is -1.19. The van der Waals surface area contributed by atoms with Crippen LogP contribution in [-0.2, 0) is 0 Å². The summed E-state index contributed by atoms with van der Waals surface area (Å²) in [4.78, 5) is 41.9. The van der Waals surface area contributed by atoms with E-state index in [9.17, 15) is 14.4 Å². The van der Waals surface area contributed by atoms with Crippen molar-refractivity contribution in [2.45, 2.75) is 26.7 Å². The molecule has 28 heavy (non-hydrogen) atoms. The minimum absolute atomic E-state index is 0.00310. The molecule has 7 heteroatoms. The van der Waals surface area contributed by atoms with Crippen LogP contribution in [0.4, 0.5) is 5.69 Å². The van der Waals surface area contributed by atoms with Crippen molar-refractivity contribution in [3.8, 4) is 0 Å². The molecule has 1 aliphatic heterocycles. The van der Waals surface area contributed by atoms with E-state index in [1.165, 1.54) is 18.2 Å². The zero-order valence-electron chi connectivity index (χ0n) is 15.9. The molecule has 2 aromatic rings. The molecule has 0 radical (unpaired) electrons. The maximum absolute atomic E-state index is 12.7. The minimum Gasteiger partial charge on any atom is -0.477 e. The number of carboxylic acids is 1. The van der Waals surface area contributed by atoms with Crippen LogP contribution in [0.3, 0.4) is 0 Å². The van der Waals surface area contributed by atoms with Crippen LogP contribution in [0.15, 0.2) is 36.4 Å². The average Bonchev–Trinajstić information content (AvgIpc) is 2.69. The Balaban J connectivity index is 1.73. The largest absolute Gasteiger partial charge is 0.477 e. The Hall–Kier alpha value is -3.22. The highest BCUT2D eigenvalue weighted by Crippen LogP contribution is 2.21. The molecular weight excluding hydrogens is 358 g/mol. The van der Waals surface area contributed by atoms with Gasteiger partial charge in [0.05, 0.1) is 0 Å². The molecule has 2 N–H and O–H groups in total. The SMILES string of the molecule is Cc1cc(C(=O)N2CCCC(C)C2)ccc1NC(=O)c1cccc(C(=O)O)n1. The lowest BCUT2D eigenvalue weighted by Crippen LogP contribution is -2.39. The number of nitrogens with one attached hydrogen (secondary N) is 1. The van der Waals surface area contributed by atoms with Gasteiger partial charge in [-0.2, -0.15) is 0 Å². The number of carbonyl (C=O) groups is 3. The van der Waals surface area contributed by atoms with E-state index >= 15 is 0 Å². The molecule has 146 valence electrons. The average molecular weight is 381 g/mol. The van der Waals surface area contributed by atoms with Gasteiger partial charge in [-0.25, -0.2) is 9.78 Å². The number of pyridine rings is 1. The van der Waals surface area contributed by atoms with Gasteiger partial charge in [0.15, 0.2) is 0 Å². The van der Waals surface area contributed by atoms with E-state index in [0.29, 0.717) is 17.2 Å². The number of carbonyl (C=O) groups excluding carboxylic acids is 2. The maximum Gasteiger partial charge on any atom is 0.354 e. The lowest BCUT2D eigenvalue weighted by Gasteiger charge is -2.31. The van der Waals surface area contributed by atoms with E-state index in [1.807, 2.05) is 11.8 Å². The summed E-state index contributed by atoms with van der Waals surface area (Å²) in [6, 6.07) is 9.40. The zero-order chi connectivity index (χ0) is 20.3. The van der Waals surface area contributed by atoms with Crippen molar-refractivity contribution in [1.29, 1.82) is 0 Å². The number of aromatic carboxylic acids is 1. The second-order valence-electron chi connectivity index (χ2n) is 7.20. The van der Waals surface area contributed by atoms with Crippen LogP contribution >= 0.6 is 0 Å². The number of nitrogens with zero attached hydrogens (tertiary/aromatic N) is 2. The Bertz CT molecular complexity index is 926. The summed E-state index contributed by atoms with van der Waals surface area (Å²) in [5.74, 6) is -1.19. The number of aryl methyl sites for hydroxylation is 1. The van der Waals surface area contributed by atoms with E-state index in [0.717, 1.165) is 31.5 Å². The zero-order valence-corrected chi connectivity index (χ0v) is 15.9. The first-order chi connectivity index (χ1) is 13.3. The number of piperidine rings is 1. The van der Waals surface area contributed by atoms with E-state index in [-0.39, 0.29) is 17.3 Å². The fourth-order valence-corrected chi connectivity index (χ4v) is 3.36. The second-order valence-corrected chi connectivity index (χ2v) is 7.20. The van der Waals surface area contributed by atoms with Crippen LogP contribution in [0.2, 0.25) is 0 Å². The molecule has 2 amide bonds. The van der Waals surface area contributed by atoms with Crippen molar-refractivity contribution in [2.24, 2.45) is 5.92 Å². The molecule has 1 saturated heterocycles. The number of anilines is 1. The third kappa shape index (κ3) is 4.36. The summed E-state index contributed by atoms with van der Waals surface area (Å²) in [7, 11) is 0. The predicted octanol–water partition coefficient (Wildman–Crippen LogP) is 3.21. The molecule has 1 aromatic heterocycles. The first kappa shape index (κ1) is 19.5. The molecule has 0 aliphatic carbocycles. The number of benzene rings is 1. The summed E-state index contributed by atoms with van der Waals surface area (Å²) in [5, 5.41) is 11.7. The molecule has 1 aromatic carbocycles. The first-order valence-electron chi connectivity index (χ1n) is 9.27. The van der Waals surface area contributed by atoms with Gasteiger partial charge in [0, 0.05) is 24.3 Å². The highest BCUT2D eigenvalue weighted by atomic mass is 16.4. The van der Waals surface area contributed by atoms with E-state index in [2.05, 4.69) is 17.2 Å². The predicted molar refractivity (Wildman–Crippen MR) is 105 cm³/mol. The topological polar surface area (TPSA) is 99.6 Å². The molecule has 1 fully saturated rings. The van der Waals surface area contributed by atoms with Crippen LogP contribution < -0.4 is 5.32 Å². The third-order valence-corrected chi connectivity index (χ3v) is 4.87. The van der Waals surface area contributed by atoms with Crippen molar-refractivity contribution in [3.05, 3.63) is 58.9 Å². The highest BCUT2D eigenvalue weighted by molar-refractivity contribution is 6.04. The van der Waals surface area contributed by atoms with Gasteiger partial charge < -0.3 is 15.3 Å². The monoisotopic (exact) mass is 381 g/mol. The fourth-order valence-electron chi connectivity index (χ4n) is 3.36. The molecule has 0 saturated carbocycles. The van der Waals surface area contributed by atoms with Crippen molar-refractivity contribution in [3.63, 3.8) is 0 Å². The van der Waals surface area contributed by atoms with Crippen molar-refractivity contribution < 1.29 is 19.5 Å². The molecule has 1 unspecified atom stereocenters. The Morgan fingerprint density at radius 2 is 1.93 bits per heavy atom. The fraction of sp³-hybridized carbons (Fsp3) is 0.333. The number of hydrogen-bond donors (Lipinski definition) is 2. The van der Waals surface area contributed by atoms with Gasteiger partial charge in [0.25, 0.3) is 11.8 Å². The lowest BCUT2D eigenvalue weighted by atomic mass is 9.99. The molecule has 3 rings (SSSR count). The highest BCUT2D eigenvalue weighted by Gasteiger charge is 2.22. The van der Waals surface area contributed by atoms with Gasteiger partial charge in [0.2, 0.25) is 0 Å². The Labute approximate surface area is 163 Å². The van der Waals surface area contributed by atoms with Crippen LogP contribution in [0.5, 0.6) is 0 Å². The van der Waals surface area contributed by atoms with Gasteiger partial charge >= 0.3 is 5.97 Å². The summed E-state index contributed by atoms with van der Waals surface area (Å²) < 4.78 is 0. The van der Waals surface area contributed by atoms with Gasteiger partial charge in [-0.15, -0.1) is 0 Å². The number of likely N-dealkylation sites (tertiary alicyclic amines) is 1. The first-order valence-corrected chi connectivity index (χ1v) is 9.27. The van der Waals surface area contributed by atoms with Gasteiger partial charge in [-0.05, 0) is 61.6 Å². The smallest absolute Gasteiger partial charge is 0.354 e. The van der Waals surface area contributed by atoms with Gasteiger partial charge in [0.1, 0.15) is 11.4 Å². The quantitative estimate of drug-likeness (QED) is 0.847. The van der Waals surface area contributed by atoms with Gasteiger partial charge in [-0.3, -0.25) is 9.59 Å². The number of aromatic nitrogens is 1. The van der Waals surface area contributed by atoms with Crippen LogP contribution in [0.25, 0.3) is 0 Å². The standard InChI is InChI=1S/C21H23N3O4/c1-13-5-4-10-24(12-13)20(26)15-8-9-16(14(2)11-15)23-19(25)17-6-3-7-18(22-17)21(27)28/h3,6-9,11,13H,4-5,10,12H2,1-2H3,(H,23,25)(H,27,28).